The zero-order valence-corrected chi connectivity index (χ0v) is 11.4. The SMILES string of the molecule is FC(F)(F)Sc1cc(Cl)cc(C(F)(C(F)(F)F)C(F)(F)F)c1. The van der Waals surface area contributed by atoms with Crippen molar-refractivity contribution in [2.24, 2.45) is 0 Å². The van der Waals surface area contributed by atoms with Gasteiger partial charge in [0.15, 0.2) is 0 Å². The van der Waals surface area contributed by atoms with Gasteiger partial charge in [-0.3, -0.25) is 0 Å². The summed E-state index contributed by atoms with van der Waals surface area (Å²) in [4.78, 5) is -1.11. The van der Waals surface area contributed by atoms with Crippen LogP contribution < -0.4 is 0 Å². The third-order valence-corrected chi connectivity index (χ3v) is 3.20. The molecule has 0 aromatic heterocycles. The third-order valence-electron chi connectivity index (χ3n) is 2.28. The molecule has 126 valence electrons. The lowest BCUT2D eigenvalue weighted by Crippen LogP contribution is -2.50. The van der Waals surface area contributed by atoms with Crippen LogP contribution in [0.1, 0.15) is 5.56 Å². The lowest BCUT2D eigenvalue weighted by molar-refractivity contribution is -0.348. The molecule has 0 N–H and O–H groups in total. The van der Waals surface area contributed by atoms with E-state index in [0.29, 0.717) is 6.07 Å². The average Bonchev–Trinajstić information content (AvgIpc) is 2.21. The number of alkyl halides is 10. The second kappa shape index (κ2) is 5.66. The molecule has 0 fully saturated rings. The van der Waals surface area contributed by atoms with Gasteiger partial charge in [-0.05, 0) is 30.0 Å². The quantitative estimate of drug-likeness (QED) is 0.432. The maximum atomic E-state index is 13.7. The van der Waals surface area contributed by atoms with E-state index in [9.17, 15) is 43.9 Å². The summed E-state index contributed by atoms with van der Waals surface area (Å²) in [6, 6.07) is 0.254. The highest BCUT2D eigenvalue weighted by molar-refractivity contribution is 8.00. The smallest absolute Gasteiger partial charge is 0.218 e. The topological polar surface area (TPSA) is 0 Å². The van der Waals surface area contributed by atoms with Crippen LogP contribution in [0.25, 0.3) is 0 Å². The second-order valence-electron chi connectivity index (χ2n) is 3.88. The summed E-state index contributed by atoms with van der Waals surface area (Å²) in [5.74, 6) is 0. The molecule has 1 rings (SSSR count). The predicted molar refractivity (Wildman–Crippen MR) is 58.3 cm³/mol. The minimum atomic E-state index is -6.43. The molecule has 0 aliphatic carbocycles. The van der Waals surface area contributed by atoms with Crippen molar-refractivity contribution in [2.45, 2.75) is 28.4 Å². The maximum absolute atomic E-state index is 13.7. The van der Waals surface area contributed by atoms with Crippen molar-refractivity contribution in [1.29, 1.82) is 0 Å². The van der Waals surface area contributed by atoms with Gasteiger partial charge in [-0.25, -0.2) is 4.39 Å². The first-order chi connectivity index (χ1) is 9.58. The number of benzene rings is 1. The summed E-state index contributed by atoms with van der Waals surface area (Å²) in [5, 5.41) is -0.903. The summed E-state index contributed by atoms with van der Waals surface area (Å²) in [6.45, 7) is 0. The van der Waals surface area contributed by atoms with Gasteiger partial charge in [0.2, 0.25) is 0 Å². The Hall–Kier alpha value is -0.840. The molecule has 0 amide bonds. The van der Waals surface area contributed by atoms with E-state index in [1.165, 1.54) is 0 Å². The van der Waals surface area contributed by atoms with Crippen molar-refractivity contribution in [3.05, 3.63) is 28.8 Å². The van der Waals surface area contributed by atoms with Gasteiger partial charge in [0.25, 0.3) is 0 Å². The van der Waals surface area contributed by atoms with Crippen molar-refractivity contribution in [3.63, 3.8) is 0 Å². The fourth-order valence-corrected chi connectivity index (χ4v) is 2.38. The van der Waals surface area contributed by atoms with Crippen molar-refractivity contribution in [3.8, 4) is 0 Å². The second-order valence-corrected chi connectivity index (χ2v) is 5.45. The van der Waals surface area contributed by atoms with Gasteiger partial charge >= 0.3 is 23.5 Å². The summed E-state index contributed by atoms with van der Waals surface area (Å²) < 4.78 is 125. The fraction of sp³-hybridized carbons (Fsp3) is 0.400. The van der Waals surface area contributed by atoms with Gasteiger partial charge in [0.05, 0.1) is 0 Å². The van der Waals surface area contributed by atoms with Crippen LogP contribution in [0.3, 0.4) is 0 Å². The highest BCUT2D eigenvalue weighted by Crippen LogP contribution is 2.54. The molecule has 0 saturated heterocycles. The van der Waals surface area contributed by atoms with Crippen molar-refractivity contribution >= 4 is 23.4 Å². The molecule has 0 spiro atoms. The minimum absolute atomic E-state index is 0.0248. The van der Waals surface area contributed by atoms with E-state index in [0.717, 1.165) is 0 Å². The summed E-state index contributed by atoms with van der Waals surface area (Å²) in [6.07, 6.45) is -12.9. The molecule has 0 radical (unpaired) electrons. The van der Waals surface area contributed by atoms with Gasteiger partial charge in [-0.2, -0.15) is 39.5 Å². The predicted octanol–water partition coefficient (Wildman–Crippen LogP) is 6.24. The van der Waals surface area contributed by atoms with Crippen LogP contribution in [-0.4, -0.2) is 17.9 Å². The number of hydrogen-bond donors (Lipinski definition) is 0. The molecule has 0 heterocycles. The highest BCUT2D eigenvalue weighted by atomic mass is 35.5. The van der Waals surface area contributed by atoms with E-state index < -0.39 is 50.8 Å². The Bertz CT molecular complexity index is 530. The number of thioether (sulfide) groups is 1. The molecule has 12 heteroatoms. The largest absolute Gasteiger partial charge is 0.446 e. The van der Waals surface area contributed by atoms with E-state index in [4.69, 9.17) is 11.6 Å². The molecule has 0 atom stereocenters. The van der Waals surface area contributed by atoms with Gasteiger partial charge in [0.1, 0.15) is 0 Å². The Labute approximate surface area is 125 Å². The molecular formula is C10H3ClF10S. The van der Waals surface area contributed by atoms with Crippen molar-refractivity contribution in [1.82, 2.24) is 0 Å². The van der Waals surface area contributed by atoms with Crippen LogP contribution >= 0.6 is 23.4 Å². The first-order valence-electron chi connectivity index (χ1n) is 4.97. The summed E-state index contributed by atoms with van der Waals surface area (Å²) in [5.41, 5.74) is -12.9. The third kappa shape index (κ3) is 3.92. The Morgan fingerprint density at radius 3 is 1.55 bits per heavy atom. The Kier molecular flexibility index (Phi) is 4.94. The normalized spacial score (nSPS) is 14.3. The van der Waals surface area contributed by atoms with E-state index in [2.05, 4.69) is 0 Å². The van der Waals surface area contributed by atoms with Crippen molar-refractivity contribution < 1.29 is 43.9 Å². The zero-order valence-electron chi connectivity index (χ0n) is 9.80. The standard InChI is InChI=1S/C10H3ClF10S/c11-5-1-4(2-6(3-5)22-10(19,20)21)7(12,8(13,14)15)9(16,17)18/h1-3H. The number of hydrogen-bond acceptors (Lipinski definition) is 1. The Morgan fingerprint density at radius 1 is 0.727 bits per heavy atom. The van der Waals surface area contributed by atoms with Crippen LogP contribution in [-0.2, 0) is 5.67 Å². The lowest BCUT2D eigenvalue weighted by atomic mass is 9.94. The van der Waals surface area contributed by atoms with Crippen LogP contribution in [0.4, 0.5) is 43.9 Å². The van der Waals surface area contributed by atoms with Gasteiger partial charge < -0.3 is 0 Å². The van der Waals surface area contributed by atoms with Crippen molar-refractivity contribution in [2.75, 3.05) is 0 Å². The van der Waals surface area contributed by atoms with E-state index in [-0.39, 0.29) is 12.1 Å². The molecular weight excluding hydrogens is 378 g/mol. The molecule has 0 aliphatic rings. The first kappa shape index (κ1) is 19.2. The monoisotopic (exact) mass is 380 g/mol. The highest BCUT2D eigenvalue weighted by Gasteiger charge is 2.73. The van der Waals surface area contributed by atoms with E-state index in [1.807, 2.05) is 0 Å². The minimum Gasteiger partial charge on any atom is -0.218 e. The van der Waals surface area contributed by atoms with Gasteiger partial charge in [0, 0.05) is 15.5 Å². The molecule has 1 aromatic carbocycles. The molecule has 0 bridgehead atoms. The Balaban J connectivity index is 3.52. The molecule has 22 heavy (non-hydrogen) atoms. The summed E-state index contributed by atoms with van der Waals surface area (Å²) >= 11 is 4.18. The molecule has 0 saturated carbocycles. The molecule has 0 nitrogen and oxygen atoms in total. The maximum Gasteiger partial charge on any atom is 0.446 e. The Morgan fingerprint density at radius 2 is 1.18 bits per heavy atom. The summed E-state index contributed by atoms with van der Waals surface area (Å²) in [7, 11) is 0. The van der Waals surface area contributed by atoms with Crippen LogP contribution in [0, 0.1) is 0 Å². The molecule has 1 aromatic rings. The van der Waals surface area contributed by atoms with Gasteiger partial charge in [-0.1, -0.05) is 11.6 Å². The number of rotatable bonds is 2. The van der Waals surface area contributed by atoms with Crippen LogP contribution in [0.2, 0.25) is 5.02 Å². The zero-order chi connectivity index (χ0) is 17.6. The molecule has 0 aliphatic heterocycles. The molecule has 0 unspecified atom stereocenters. The van der Waals surface area contributed by atoms with E-state index in [1.54, 1.807) is 0 Å². The van der Waals surface area contributed by atoms with Crippen LogP contribution in [0.5, 0.6) is 0 Å². The fourth-order valence-electron chi connectivity index (χ4n) is 1.44. The van der Waals surface area contributed by atoms with Gasteiger partial charge in [-0.15, -0.1) is 0 Å². The lowest BCUT2D eigenvalue weighted by Gasteiger charge is -2.30. The first-order valence-corrected chi connectivity index (χ1v) is 6.16. The average molecular weight is 381 g/mol. The number of halogens is 11. The van der Waals surface area contributed by atoms with E-state index >= 15 is 0 Å². The van der Waals surface area contributed by atoms with Crippen LogP contribution in [0.15, 0.2) is 23.1 Å².